The first-order valence-corrected chi connectivity index (χ1v) is 7.73. The highest BCUT2D eigenvalue weighted by Gasteiger charge is 2.17. The topological polar surface area (TPSA) is 49.3 Å². The van der Waals surface area contributed by atoms with Gasteiger partial charge in [-0.3, -0.25) is 4.79 Å². The number of aryl methyl sites for hydroxylation is 2. The van der Waals surface area contributed by atoms with Gasteiger partial charge in [0.05, 0.1) is 0 Å². The van der Waals surface area contributed by atoms with E-state index in [0.717, 1.165) is 40.8 Å². The maximum atomic E-state index is 11.5. The lowest BCUT2D eigenvalue weighted by molar-refractivity contribution is -0.116. The molecule has 3 rings (SSSR count). The van der Waals surface area contributed by atoms with E-state index in [1.165, 1.54) is 0 Å². The maximum absolute atomic E-state index is 11.5. The minimum absolute atomic E-state index is 0.0747. The van der Waals surface area contributed by atoms with Gasteiger partial charge in [0.15, 0.2) is 0 Å². The predicted molar refractivity (Wildman–Crippen MR) is 81.1 cm³/mol. The molecule has 1 atom stereocenters. The number of hydrogen-bond acceptors (Lipinski definition) is 3. The van der Waals surface area contributed by atoms with Gasteiger partial charge in [0.25, 0.3) is 0 Å². The van der Waals surface area contributed by atoms with Gasteiger partial charge in [0.1, 0.15) is 6.10 Å². The summed E-state index contributed by atoms with van der Waals surface area (Å²) in [6, 6.07) is 5.81. The number of benzene rings is 1. The molecular weight excluding hydrogens is 270 g/mol. The van der Waals surface area contributed by atoms with E-state index >= 15 is 0 Å². The Morgan fingerprint density at radius 3 is 2.90 bits per heavy atom. The van der Waals surface area contributed by atoms with Crippen LogP contribution in [0, 0.1) is 6.92 Å². The van der Waals surface area contributed by atoms with Crippen molar-refractivity contribution in [1.29, 1.82) is 0 Å². The van der Waals surface area contributed by atoms with E-state index in [4.69, 9.17) is 0 Å². The van der Waals surface area contributed by atoms with E-state index in [1.807, 2.05) is 35.9 Å². The Balaban J connectivity index is 1.94. The van der Waals surface area contributed by atoms with Crippen molar-refractivity contribution in [2.45, 2.75) is 32.3 Å². The van der Waals surface area contributed by atoms with Crippen LogP contribution in [0.25, 0.3) is 0 Å². The lowest BCUT2D eigenvalue weighted by Crippen LogP contribution is -2.09. The third kappa shape index (κ3) is 2.49. The molecule has 0 radical (unpaired) electrons. The fourth-order valence-corrected chi connectivity index (χ4v) is 3.46. The fourth-order valence-electron chi connectivity index (χ4n) is 2.59. The molecule has 0 fully saturated rings. The molecule has 2 N–H and O–H groups in total. The lowest BCUT2D eigenvalue weighted by Gasteiger charge is -2.14. The van der Waals surface area contributed by atoms with Crippen molar-refractivity contribution in [3.05, 3.63) is 51.2 Å². The number of aliphatic hydroxyl groups excluding tert-OH is 1. The van der Waals surface area contributed by atoms with Gasteiger partial charge in [-0.2, -0.15) is 11.3 Å². The molecule has 0 spiro atoms. The van der Waals surface area contributed by atoms with Gasteiger partial charge in [-0.1, -0.05) is 12.1 Å². The largest absolute Gasteiger partial charge is 0.384 e. The van der Waals surface area contributed by atoms with Gasteiger partial charge < -0.3 is 10.4 Å². The number of carbonyl (C=O) groups excluding carboxylic acids is 1. The van der Waals surface area contributed by atoms with Crippen LogP contribution in [0.1, 0.15) is 41.2 Å². The fraction of sp³-hybridized carbons (Fsp3) is 0.312. The molecule has 1 amide bonds. The third-order valence-electron chi connectivity index (χ3n) is 3.76. The van der Waals surface area contributed by atoms with Crippen molar-refractivity contribution < 1.29 is 9.90 Å². The summed E-state index contributed by atoms with van der Waals surface area (Å²) in [6.45, 7) is 2.01. The zero-order valence-corrected chi connectivity index (χ0v) is 12.2. The monoisotopic (exact) mass is 287 g/mol. The quantitative estimate of drug-likeness (QED) is 0.889. The molecule has 0 saturated carbocycles. The number of anilines is 1. The van der Waals surface area contributed by atoms with Crippen LogP contribution in [0.4, 0.5) is 5.69 Å². The molecule has 104 valence electrons. The molecule has 20 heavy (non-hydrogen) atoms. The highest BCUT2D eigenvalue weighted by molar-refractivity contribution is 7.08. The minimum atomic E-state index is -0.592. The first kappa shape index (κ1) is 13.3. The van der Waals surface area contributed by atoms with Crippen LogP contribution in [0.15, 0.2) is 29.0 Å². The highest BCUT2D eigenvalue weighted by atomic mass is 32.1. The molecule has 2 heterocycles. The molecule has 0 saturated heterocycles. The van der Waals surface area contributed by atoms with Crippen molar-refractivity contribution in [2.75, 3.05) is 5.32 Å². The molecule has 1 aliphatic heterocycles. The van der Waals surface area contributed by atoms with Gasteiger partial charge in [0, 0.05) is 12.1 Å². The Kier molecular flexibility index (Phi) is 3.59. The summed E-state index contributed by atoms with van der Waals surface area (Å²) in [4.78, 5) is 11.5. The molecular formula is C16H17NO2S. The average Bonchev–Trinajstić information content (AvgIpc) is 2.76. The Morgan fingerprint density at radius 1 is 1.30 bits per heavy atom. The third-order valence-corrected chi connectivity index (χ3v) is 4.64. The van der Waals surface area contributed by atoms with Crippen molar-refractivity contribution in [1.82, 2.24) is 0 Å². The van der Waals surface area contributed by atoms with E-state index in [0.29, 0.717) is 6.42 Å². The zero-order valence-electron chi connectivity index (χ0n) is 11.3. The normalized spacial score (nSPS) is 16.2. The predicted octanol–water partition coefficient (Wildman–Crippen LogP) is 3.41. The second-order valence-electron chi connectivity index (χ2n) is 5.23. The average molecular weight is 287 g/mol. The summed E-state index contributed by atoms with van der Waals surface area (Å²) in [5.74, 6) is 0.0747. The molecule has 0 bridgehead atoms. The molecule has 0 aliphatic carbocycles. The van der Waals surface area contributed by atoms with Gasteiger partial charge in [-0.25, -0.2) is 0 Å². The zero-order chi connectivity index (χ0) is 14.1. The Hall–Kier alpha value is -1.65. The van der Waals surface area contributed by atoms with Crippen LogP contribution in [0.2, 0.25) is 0 Å². The molecule has 2 aromatic rings. The Bertz CT molecular complexity index is 648. The summed E-state index contributed by atoms with van der Waals surface area (Å²) >= 11 is 1.60. The van der Waals surface area contributed by atoms with E-state index < -0.39 is 6.10 Å². The van der Waals surface area contributed by atoms with Crippen LogP contribution in [0.3, 0.4) is 0 Å². The number of rotatable bonds is 2. The van der Waals surface area contributed by atoms with Gasteiger partial charge in [-0.15, -0.1) is 0 Å². The highest BCUT2D eigenvalue weighted by Crippen LogP contribution is 2.31. The Labute approximate surface area is 122 Å². The van der Waals surface area contributed by atoms with Gasteiger partial charge >= 0.3 is 0 Å². The number of amides is 1. The summed E-state index contributed by atoms with van der Waals surface area (Å²) in [5, 5.41) is 17.5. The molecule has 1 unspecified atom stereocenters. The number of aliphatic hydroxyl groups is 1. The van der Waals surface area contributed by atoms with Crippen molar-refractivity contribution in [3.63, 3.8) is 0 Å². The van der Waals surface area contributed by atoms with Crippen molar-refractivity contribution in [3.8, 4) is 0 Å². The molecule has 1 aliphatic rings. The Morgan fingerprint density at radius 2 is 2.15 bits per heavy atom. The second kappa shape index (κ2) is 5.38. The first-order chi connectivity index (χ1) is 9.65. The van der Waals surface area contributed by atoms with Crippen LogP contribution in [-0.2, 0) is 11.2 Å². The lowest BCUT2D eigenvalue weighted by atomic mass is 9.97. The smallest absolute Gasteiger partial charge is 0.224 e. The van der Waals surface area contributed by atoms with Gasteiger partial charge in [0.2, 0.25) is 5.91 Å². The second-order valence-corrected chi connectivity index (χ2v) is 5.97. The molecule has 1 aromatic carbocycles. The molecule has 4 heteroatoms. The molecule has 3 nitrogen and oxygen atoms in total. The summed E-state index contributed by atoms with van der Waals surface area (Å²) in [6.07, 6.45) is 1.70. The number of nitrogens with one attached hydrogen (secondary N) is 1. The van der Waals surface area contributed by atoms with E-state index in [-0.39, 0.29) is 5.91 Å². The minimum Gasteiger partial charge on any atom is -0.384 e. The van der Waals surface area contributed by atoms with E-state index in [9.17, 15) is 9.90 Å². The van der Waals surface area contributed by atoms with Gasteiger partial charge in [-0.05, 0) is 58.8 Å². The van der Waals surface area contributed by atoms with E-state index in [2.05, 4.69) is 5.32 Å². The van der Waals surface area contributed by atoms with Crippen LogP contribution >= 0.6 is 11.3 Å². The van der Waals surface area contributed by atoms with Crippen LogP contribution in [0.5, 0.6) is 0 Å². The standard InChI is InChI=1S/C16H17NO2S/c1-10-8-20-9-13(10)16(19)12-5-6-14-11(7-12)3-2-4-15(18)17-14/h5-9,16,19H,2-4H2,1H3,(H,17,18). The molecule has 1 aromatic heterocycles. The van der Waals surface area contributed by atoms with Crippen LogP contribution < -0.4 is 5.32 Å². The SMILES string of the molecule is Cc1cscc1C(O)c1ccc2c(c1)CCCC(=O)N2. The number of carbonyl (C=O) groups is 1. The van der Waals surface area contributed by atoms with E-state index in [1.54, 1.807) is 11.3 Å². The summed E-state index contributed by atoms with van der Waals surface area (Å²) in [7, 11) is 0. The number of thiophene rings is 1. The van der Waals surface area contributed by atoms with Crippen molar-refractivity contribution >= 4 is 22.9 Å². The first-order valence-electron chi connectivity index (χ1n) is 6.78. The van der Waals surface area contributed by atoms with Crippen LogP contribution in [-0.4, -0.2) is 11.0 Å². The summed E-state index contributed by atoms with van der Waals surface area (Å²) < 4.78 is 0. The number of hydrogen-bond donors (Lipinski definition) is 2. The summed E-state index contributed by atoms with van der Waals surface area (Å²) in [5.41, 5.74) is 4.96. The van der Waals surface area contributed by atoms with Crippen molar-refractivity contribution in [2.24, 2.45) is 0 Å². The number of fused-ring (bicyclic) bond motifs is 1. The maximum Gasteiger partial charge on any atom is 0.224 e.